The first kappa shape index (κ1) is 12.3. The van der Waals surface area contributed by atoms with Crippen molar-refractivity contribution in [1.29, 1.82) is 0 Å². The molecule has 112 valence electrons. The first-order valence-corrected chi connectivity index (χ1v) is 7.93. The van der Waals surface area contributed by atoms with Crippen LogP contribution < -0.4 is 0 Å². The van der Waals surface area contributed by atoms with Gasteiger partial charge in [-0.3, -0.25) is 0 Å². The predicted molar refractivity (Wildman–Crippen MR) is 86.0 cm³/mol. The molecule has 23 heavy (non-hydrogen) atoms. The Bertz CT molecular complexity index is 1010. The third kappa shape index (κ3) is 1.18. The number of rotatable bonds is 0. The molecular formula is C20H14O3. The highest BCUT2D eigenvalue weighted by Crippen LogP contribution is 2.67. The molecule has 3 heteroatoms. The number of hydrogen-bond donors (Lipinski definition) is 2. The van der Waals surface area contributed by atoms with Crippen LogP contribution in [-0.2, 0) is 10.3 Å². The summed E-state index contributed by atoms with van der Waals surface area (Å²) in [5.41, 5.74) is 4.71. The van der Waals surface area contributed by atoms with Gasteiger partial charge < -0.3 is 14.9 Å². The van der Waals surface area contributed by atoms with Gasteiger partial charge in [0, 0.05) is 5.56 Å². The Morgan fingerprint density at radius 1 is 0.913 bits per heavy atom. The maximum Gasteiger partial charge on any atom is 0.149 e. The number of aliphatic hydroxyl groups excluding tert-OH is 2. The maximum absolute atomic E-state index is 10.5. The predicted octanol–water partition coefficient (Wildman–Crippen LogP) is 2.87. The SMILES string of the molecule is OC1c2cccc3c2[C@@]2(O[C@@H]2C1O)c1ccc2ccccc2c1-3. The lowest BCUT2D eigenvalue weighted by Crippen LogP contribution is -2.34. The van der Waals surface area contributed by atoms with E-state index in [1.54, 1.807) is 0 Å². The Morgan fingerprint density at radius 3 is 2.70 bits per heavy atom. The minimum Gasteiger partial charge on any atom is -0.387 e. The summed E-state index contributed by atoms with van der Waals surface area (Å²) >= 11 is 0. The van der Waals surface area contributed by atoms with E-state index < -0.39 is 17.8 Å². The maximum atomic E-state index is 10.5. The number of aliphatic hydroxyl groups is 2. The highest BCUT2D eigenvalue weighted by Gasteiger charge is 2.70. The molecule has 2 unspecified atom stereocenters. The van der Waals surface area contributed by atoms with Crippen LogP contribution in [0.4, 0.5) is 0 Å². The van der Waals surface area contributed by atoms with Crippen LogP contribution in [0.1, 0.15) is 22.8 Å². The number of ether oxygens (including phenoxy) is 1. The van der Waals surface area contributed by atoms with E-state index >= 15 is 0 Å². The molecule has 0 bridgehead atoms. The molecule has 1 fully saturated rings. The van der Waals surface area contributed by atoms with Crippen molar-refractivity contribution in [3.63, 3.8) is 0 Å². The fourth-order valence-corrected chi connectivity index (χ4v) is 4.69. The van der Waals surface area contributed by atoms with Gasteiger partial charge in [0.1, 0.15) is 23.9 Å². The monoisotopic (exact) mass is 302 g/mol. The molecule has 0 saturated carbocycles. The molecule has 6 rings (SSSR count). The van der Waals surface area contributed by atoms with Gasteiger partial charge in [-0.25, -0.2) is 0 Å². The molecule has 1 saturated heterocycles. The zero-order chi connectivity index (χ0) is 15.3. The number of benzene rings is 3. The fourth-order valence-electron chi connectivity index (χ4n) is 4.69. The highest BCUT2D eigenvalue weighted by molar-refractivity contribution is 6.03. The van der Waals surface area contributed by atoms with Crippen LogP contribution in [0.25, 0.3) is 21.9 Å². The summed E-state index contributed by atoms with van der Waals surface area (Å²) in [6.45, 7) is 0. The summed E-state index contributed by atoms with van der Waals surface area (Å²) in [7, 11) is 0. The van der Waals surface area contributed by atoms with E-state index in [1.807, 2.05) is 24.3 Å². The van der Waals surface area contributed by atoms with Gasteiger partial charge in [0.2, 0.25) is 0 Å². The van der Waals surface area contributed by atoms with Crippen molar-refractivity contribution >= 4 is 10.8 Å². The molecule has 1 heterocycles. The Morgan fingerprint density at radius 2 is 1.78 bits per heavy atom. The Balaban J connectivity index is 1.81. The number of epoxide rings is 1. The second-order valence-corrected chi connectivity index (χ2v) is 6.69. The standard InChI is InChI=1S/C20H14O3/c21-17-13-7-3-6-12-15-11-5-2-1-4-10(11)8-9-14(15)20(16(12)13)19(23-20)18(17)22/h1-9,17-19,21-22H/t17?,18?,19-,20+/m1/s1. The van der Waals surface area contributed by atoms with Crippen molar-refractivity contribution in [2.24, 2.45) is 0 Å². The van der Waals surface area contributed by atoms with Crippen LogP contribution in [0.2, 0.25) is 0 Å². The quantitative estimate of drug-likeness (QED) is 0.628. The van der Waals surface area contributed by atoms with Crippen LogP contribution in [0, 0.1) is 0 Å². The zero-order valence-corrected chi connectivity index (χ0v) is 12.2. The van der Waals surface area contributed by atoms with E-state index in [9.17, 15) is 10.2 Å². The van der Waals surface area contributed by atoms with E-state index in [0.29, 0.717) is 0 Å². The van der Waals surface area contributed by atoms with E-state index in [2.05, 4.69) is 30.3 Å². The Labute approximate surface area is 132 Å². The zero-order valence-electron chi connectivity index (χ0n) is 12.2. The summed E-state index contributed by atoms with van der Waals surface area (Å²) < 4.78 is 6.04. The van der Waals surface area contributed by atoms with Gasteiger partial charge >= 0.3 is 0 Å². The van der Waals surface area contributed by atoms with Crippen molar-refractivity contribution in [2.75, 3.05) is 0 Å². The fraction of sp³-hybridized carbons (Fsp3) is 0.200. The van der Waals surface area contributed by atoms with Gasteiger partial charge in [0.15, 0.2) is 0 Å². The van der Waals surface area contributed by atoms with Crippen molar-refractivity contribution in [1.82, 2.24) is 0 Å². The topological polar surface area (TPSA) is 53.0 Å². The molecule has 4 atom stereocenters. The summed E-state index contributed by atoms with van der Waals surface area (Å²) in [6.07, 6.45) is -2.12. The molecule has 0 radical (unpaired) electrons. The van der Waals surface area contributed by atoms with Gasteiger partial charge in [-0.05, 0) is 33.0 Å². The van der Waals surface area contributed by atoms with Gasteiger partial charge in [-0.1, -0.05) is 54.6 Å². The smallest absolute Gasteiger partial charge is 0.149 e. The molecule has 1 aliphatic heterocycles. The first-order chi connectivity index (χ1) is 11.2. The van der Waals surface area contributed by atoms with Crippen molar-refractivity contribution in [2.45, 2.75) is 23.9 Å². The summed E-state index contributed by atoms with van der Waals surface area (Å²) in [5, 5.41) is 23.3. The lowest BCUT2D eigenvalue weighted by Gasteiger charge is -2.26. The first-order valence-electron chi connectivity index (χ1n) is 7.93. The third-order valence-electron chi connectivity index (χ3n) is 5.68. The lowest BCUT2D eigenvalue weighted by molar-refractivity contribution is -0.000531. The van der Waals surface area contributed by atoms with E-state index in [1.165, 1.54) is 16.3 Å². The van der Waals surface area contributed by atoms with E-state index in [0.717, 1.165) is 22.3 Å². The molecule has 3 aromatic rings. The van der Waals surface area contributed by atoms with Crippen LogP contribution in [0.5, 0.6) is 0 Å². The minimum atomic E-state index is -0.883. The van der Waals surface area contributed by atoms with Gasteiger partial charge in [-0.2, -0.15) is 0 Å². The second-order valence-electron chi connectivity index (χ2n) is 6.69. The summed E-state index contributed by atoms with van der Waals surface area (Å²) in [4.78, 5) is 0. The third-order valence-corrected chi connectivity index (χ3v) is 5.68. The van der Waals surface area contributed by atoms with Crippen molar-refractivity contribution in [3.05, 3.63) is 71.3 Å². The summed E-state index contributed by atoms with van der Waals surface area (Å²) in [6, 6.07) is 18.5. The molecule has 0 aromatic heterocycles. The Kier molecular flexibility index (Phi) is 1.94. The molecule has 3 aromatic carbocycles. The van der Waals surface area contributed by atoms with Crippen molar-refractivity contribution in [3.8, 4) is 11.1 Å². The molecular weight excluding hydrogens is 288 g/mol. The molecule has 3 nitrogen and oxygen atoms in total. The normalized spacial score (nSPS) is 32.3. The van der Waals surface area contributed by atoms with E-state index in [-0.39, 0.29) is 6.10 Å². The van der Waals surface area contributed by atoms with Crippen LogP contribution in [0.3, 0.4) is 0 Å². The van der Waals surface area contributed by atoms with E-state index in [4.69, 9.17) is 4.74 Å². The number of hydrogen-bond acceptors (Lipinski definition) is 3. The van der Waals surface area contributed by atoms with Crippen LogP contribution in [-0.4, -0.2) is 22.4 Å². The largest absolute Gasteiger partial charge is 0.387 e. The van der Waals surface area contributed by atoms with Gasteiger partial charge in [0.25, 0.3) is 0 Å². The molecule has 1 spiro atoms. The average molecular weight is 302 g/mol. The van der Waals surface area contributed by atoms with Gasteiger partial charge in [0.05, 0.1) is 0 Å². The van der Waals surface area contributed by atoms with Crippen LogP contribution in [0.15, 0.2) is 54.6 Å². The molecule has 2 aliphatic carbocycles. The second kappa shape index (κ2) is 3.65. The molecule has 2 N–H and O–H groups in total. The number of fused-ring (bicyclic) bond motifs is 4. The minimum absolute atomic E-state index is 0.353. The molecule has 0 amide bonds. The van der Waals surface area contributed by atoms with Gasteiger partial charge in [-0.15, -0.1) is 0 Å². The average Bonchev–Trinajstić information content (AvgIpc) is 3.28. The highest BCUT2D eigenvalue weighted by atomic mass is 16.6. The molecule has 3 aliphatic rings. The lowest BCUT2D eigenvalue weighted by atomic mass is 9.79. The summed E-state index contributed by atoms with van der Waals surface area (Å²) in [5.74, 6) is 0. The Hall–Kier alpha value is -2.20. The van der Waals surface area contributed by atoms with Crippen molar-refractivity contribution < 1.29 is 14.9 Å². The van der Waals surface area contributed by atoms with Crippen LogP contribution >= 0.6 is 0 Å².